The average molecular weight is 995 g/mol. The highest BCUT2D eigenvalue weighted by molar-refractivity contribution is 5.99. The lowest BCUT2D eigenvalue weighted by Crippen LogP contribution is -2.10. The molecule has 0 unspecified atom stereocenters. The van der Waals surface area contributed by atoms with Crippen molar-refractivity contribution in [2.24, 2.45) is 0 Å². The molecule has 0 atom stereocenters. The molecular weight excluding hydrogens is 941 g/mol. The fourth-order valence-corrected chi connectivity index (χ4v) is 10.8. The van der Waals surface area contributed by atoms with E-state index in [1.807, 2.05) is 0 Å². The monoisotopic (exact) mass is 994 g/mol. The number of anilines is 6. The molecule has 0 radical (unpaired) electrons. The van der Waals surface area contributed by atoms with Gasteiger partial charge in [0.2, 0.25) is 0 Å². The Kier molecular flexibility index (Phi) is 13.1. The summed E-state index contributed by atoms with van der Waals surface area (Å²) in [6.07, 6.45) is 0. The summed E-state index contributed by atoms with van der Waals surface area (Å²) < 4.78 is 0. The van der Waals surface area contributed by atoms with E-state index in [0.29, 0.717) is 0 Å². The third-order valence-electron chi connectivity index (χ3n) is 14.9. The van der Waals surface area contributed by atoms with Crippen molar-refractivity contribution in [2.45, 2.75) is 0 Å². The molecule has 0 fully saturated rings. The molecule has 368 valence electrons. The summed E-state index contributed by atoms with van der Waals surface area (Å²) in [5.41, 5.74) is 23.2. The van der Waals surface area contributed by atoms with Crippen molar-refractivity contribution < 1.29 is 0 Å². The van der Waals surface area contributed by atoms with Crippen molar-refractivity contribution in [3.8, 4) is 77.9 Å². The molecule has 0 aromatic heterocycles. The molecule has 13 rings (SSSR count). The van der Waals surface area contributed by atoms with Gasteiger partial charge in [0, 0.05) is 33.8 Å². The molecule has 0 saturated carbocycles. The van der Waals surface area contributed by atoms with Crippen LogP contribution in [0.4, 0.5) is 34.1 Å². The quantitative estimate of drug-likeness (QED) is 0.114. The molecule has 0 aliphatic heterocycles. The number of rotatable bonds is 13. The van der Waals surface area contributed by atoms with E-state index in [4.69, 9.17) is 0 Å². The summed E-state index contributed by atoms with van der Waals surface area (Å²) >= 11 is 0. The minimum atomic E-state index is 1.08. The number of hydrogen-bond acceptors (Lipinski definition) is 2. The van der Waals surface area contributed by atoms with Gasteiger partial charge in [0.25, 0.3) is 0 Å². The second-order valence-electron chi connectivity index (χ2n) is 19.7. The predicted octanol–water partition coefficient (Wildman–Crippen LogP) is 21.4. The Balaban J connectivity index is 0.806. The zero-order valence-corrected chi connectivity index (χ0v) is 43.1. The lowest BCUT2D eigenvalue weighted by atomic mass is 9.98. The van der Waals surface area contributed by atoms with Gasteiger partial charge in [-0.05, 0) is 156 Å². The van der Waals surface area contributed by atoms with Crippen LogP contribution in [0.3, 0.4) is 0 Å². The minimum Gasteiger partial charge on any atom is -0.311 e. The minimum absolute atomic E-state index is 1.08. The molecule has 0 spiro atoms. The summed E-state index contributed by atoms with van der Waals surface area (Å²) in [5, 5.41) is 2.40. The maximum atomic E-state index is 2.38. The van der Waals surface area contributed by atoms with Crippen LogP contribution in [0.15, 0.2) is 328 Å². The molecule has 0 aliphatic carbocycles. The Morgan fingerprint density at radius 3 is 0.744 bits per heavy atom. The van der Waals surface area contributed by atoms with Crippen LogP contribution in [0.5, 0.6) is 0 Å². The van der Waals surface area contributed by atoms with Gasteiger partial charge >= 0.3 is 0 Å². The third kappa shape index (κ3) is 9.90. The first-order valence-corrected chi connectivity index (χ1v) is 26.7. The topological polar surface area (TPSA) is 6.48 Å². The molecule has 0 aliphatic rings. The van der Waals surface area contributed by atoms with Crippen LogP contribution in [0.2, 0.25) is 0 Å². The van der Waals surface area contributed by atoms with Crippen LogP contribution >= 0.6 is 0 Å². The van der Waals surface area contributed by atoms with Gasteiger partial charge in [-0.15, -0.1) is 0 Å². The Morgan fingerprint density at radius 1 is 0.154 bits per heavy atom. The number of nitrogens with zero attached hydrogens (tertiary/aromatic N) is 2. The first-order chi connectivity index (χ1) is 38.6. The van der Waals surface area contributed by atoms with Crippen LogP contribution in [-0.2, 0) is 0 Å². The van der Waals surface area contributed by atoms with E-state index in [2.05, 4.69) is 337 Å². The molecule has 13 aromatic rings. The first-order valence-electron chi connectivity index (χ1n) is 26.7. The molecule has 0 amide bonds. The van der Waals surface area contributed by atoms with Gasteiger partial charge < -0.3 is 9.80 Å². The molecule has 2 nitrogen and oxygen atoms in total. The van der Waals surface area contributed by atoms with Crippen LogP contribution in [0.25, 0.3) is 88.7 Å². The van der Waals surface area contributed by atoms with Crippen LogP contribution in [-0.4, -0.2) is 0 Å². The molecule has 0 bridgehead atoms. The SMILES string of the molecule is c1ccc(-c2ccc(-c3ccc(N(c4ccc(-c5ccc(-c6ccccc6)cc5)cc4)c4ccc(-c5ccc(N(c6ccc(-c7cccc(-c8ccccc8)c7)cc6)c6cccc7ccccc67)cc5)cc4)cc3)cc2)cc1. The molecule has 0 N–H and O–H groups in total. The largest absolute Gasteiger partial charge is 0.311 e. The zero-order valence-electron chi connectivity index (χ0n) is 43.1. The molecule has 2 heteroatoms. The molecule has 0 heterocycles. The summed E-state index contributed by atoms with van der Waals surface area (Å²) in [7, 11) is 0. The van der Waals surface area contributed by atoms with E-state index in [1.165, 1.54) is 77.5 Å². The lowest BCUT2D eigenvalue weighted by Gasteiger charge is -2.27. The molecule has 0 saturated heterocycles. The number of benzene rings is 13. The van der Waals surface area contributed by atoms with Crippen molar-refractivity contribution in [1.82, 2.24) is 0 Å². The fourth-order valence-electron chi connectivity index (χ4n) is 10.8. The maximum absolute atomic E-state index is 2.38. The van der Waals surface area contributed by atoms with Gasteiger partial charge in [0.1, 0.15) is 0 Å². The van der Waals surface area contributed by atoms with Crippen molar-refractivity contribution in [3.63, 3.8) is 0 Å². The van der Waals surface area contributed by atoms with Crippen LogP contribution in [0, 0.1) is 0 Å². The van der Waals surface area contributed by atoms with Crippen molar-refractivity contribution in [3.05, 3.63) is 328 Å². The molecule has 13 aromatic carbocycles. The van der Waals surface area contributed by atoms with E-state index in [1.54, 1.807) is 0 Å². The van der Waals surface area contributed by atoms with Crippen molar-refractivity contribution in [2.75, 3.05) is 9.80 Å². The number of hydrogen-bond donors (Lipinski definition) is 0. The van der Waals surface area contributed by atoms with E-state index >= 15 is 0 Å². The lowest BCUT2D eigenvalue weighted by molar-refractivity contribution is 1.28. The summed E-state index contributed by atoms with van der Waals surface area (Å²) in [4.78, 5) is 4.73. The Hall–Kier alpha value is -10.3. The normalized spacial score (nSPS) is 11.1. The van der Waals surface area contributed by atoms with Crippen molar-refractivity contribution >= 4 is 44.9 Å². The highest BCUT2D eigenvalue weighted by Crippen LogP contribution is 2.42. The van der Waals surface area contributed by atoms with Crippen LogP contribution < -0.4 is 9.80 Å². The fraction of sp³-hybridized carbons (Fsp3) is 0. The smallest absolute Gasteiger partial charge is 0.0540 e. The van der Waals surface area contributed by atoms with Gasteiger partial charge in [-0.3, -0.25) is 0 Å². The van der Waals surface area contributed by atoms with E-state index in [0.717, 1.165) is 45.3 Å². The predicted molar refractivity (Wildman–Crippen MR) is 331 cm³/mol. The zero-order chi connectivity index (χ0) is 52.0. The van der Waals surface area contributed by atoms with Gasteiger partial charge in [0.05, 0.1) is 5.69 Å². The number of fused-ring (bicyclic) bond motifs is 1. The van der Waals surface area contributed by atoms with Crippen LogP contribution in [0.1, 0.15) is 0 Å². The summed E-state index contributed by atoms with van der Waals surface area (Å²) in [6, 6.07) is 118. The molecule has 78 heavy (non-hydrogen) atoms. The van der Waals surface area contributed by atoms with E-state index in [-0.39, 0.29) is 0 Å². The first kappa shape index (κ1) is 47.4. The van der Waals surface area contributed by atoms with Gasteiger partial charge in [-0.2, -0.15) is 0 Å². The second-order valence-corrected chi connectivity index (χ2v) is 19.7. The van der Waals surface area contributed by atoms with E-state index in [9.17, 15) is 0 Å². The summed E-state index contributed by atoms with van der Waals surface area (Å²) in [6.45, 7) is 0. The Morgan fingerprint density at radius 2 is 0.385 bits per heavy atom. The highest BCUT2D eigenvalue weighted by atomic mass is 15.1. The second kappa shape index (κ2) is 21.5. The van der Waals surface area contributed by atoms with Crippen molar-refractivity contribution in [1.29, 1.82) is 0 Å². The maximum Gasteiger partial charge on any atom is 0.0540 e. The average Bonchev–Trinajstić information content (AvgIpc) is 3.53. The molecular formula is C76H54N2. The third-order valence-corrected chi connectivity index (χ3v) is 14.9. The summed E-state index contributed by atoms with van der Waals surface area (Å²) in [5.74, 6) is 0. The van der Waals surface area contributed by atoms with Gasteiger partial charge in [-0.1, -0.05) is 255 Å². The van der Waals surface area contributed by atoms with Gasteiger partial charge in [-0.25, -0.2) is 0 Å². The Labute approximate surface area is 457 Å². The van der Waals surface area contributed by atoms with Gasteiger partial charge in [0.15, 0.2) is 0 Å². The standard InChI is InChI=1S/C76H54N2/c1-4-14-55(15-5-1)58-26-30-60(31-27-58)62-34-44-70(45-35-62)77(71-46-36-63(37-47-71)61-32-28-59(29-33-61)56-16-6-2-7-17-56)72-48-38-64(39-49-72)65-40-50-73(51-41-65)78(76-25-13-21-67-20-10-11-24-75(67)76)74-52-42-66(43-53-74)69-23-12-22-68(54-69)57-18-8-3-9-19-57/h1-54H. The van der Waals surface area contributed by atoms with E-state index < -0.39 is 0 Å². The highest BCUT2D eigenvalue weighted by Gasteiger charge is 2.18. The Bertz CT molecular complexity index is 3970.